The zero-order chi connectivity index (χ0) is 36.8. The molecule has 2 saturated heterocycles. The van der Waals surface area contributed by atoms with Crippen molar-refractivity contribution in [2.24, 2.45) is 13.0 Å². The number of aryl methyl sites for hydroxylation is 1. The molecule has 0 aliphatic carbocycles. The summed E-state index contributed by atoms with van der Waals surface area (Å²) in [7, 11) is 5.76. The first kappa shape index (κ1) is 35.9. The Morgan fingerprint density at radius 3 is 2.29 bits per heavy atom. The average molecular weight is 728 g/mol. The molecule has 270 valence electrons. The van der Waals surface area contributed by atoms with Crippen LogP contribution < -0.4 is 11.1 Å². The Kier molecular flexibility index (Phi) is 9.59. The lowest BCUT2D eigenvalue weighted by Crippen LogP contribution is -2.54. The number of hydrogen-bond donors (Lipinski definition) is 2. The largest absolute Gasteiger partial charge is 0.435 e. The molecule has 13 nitrogen and oxygen atoms in total. The molecule has 0 saturated carbocycles. The molecular formula is C34H39ClF3N10O3+. The lowest BCUT2D eigenvalue weighted by Gasteiger charge is -2.40. The van der Waals surface area contributed by atoms with E-state index in [4.69, 9.17) is 17.3 Å². The molecule has 2 fully saturated rings. The van der Waals surface area contributed by atoms with E-state index in [0.29, 0.717) is 37.4 Å². The van der Waals surface area contributed by atoms with E-state index in [1.54, 1.807) is 11.8 Å². The molecule has 0 radical (unpaired) electrons. The van der Waals surface area contributed by atoms with Crippen LogP contribution in [0.5, 0.6) is 0 Å². The fourth-order valence-electron chi connectivity index (χ4n) is 6.46. The Hall–Kier alpha value is -4.96. The standard InChI is InChI=1S/C34H38ClF3N10O3/c1-20-15-28(40-17-26(20)39)47-19-24(29(43-47)34(36,37)38)27-18-41-30(44(27)2)31(49)42-22-5-6-23(25(35)16-22)33(51)46-11-9-45(10-12-46)32(50)21-7-13-48(3,4)14-8-21/h5-6,15-19,21H,7-14,39H2,1-4H3/p+1. The summed E-state index contributed by atoms with van der Waals surface area (Å²) in [5.41, 5.74) is 5.81. The van der Waals surface area contributed by atoms with E-state index in [1.807, 2.05) is 4.90 Å². The highest BCUT2D eigenvalue weighted by atomic mass is 35.5. The molecule has 0 atom stereocenters. The lowest BCUT2D eigenvalue weighted by atomic mass is 9.94. The SMILES string of the molecule is Cc1cc(-n2cc(-c3cnc(C(=O)Nc4ccc(C(=O)N5CCN(C(=O)C6CC[N+](C)(C)CC6)CC5)c(Cl)c4)n3C)c(C(F)(F)F)n2)ncc1N. The van der Waals surface area contributed by atoms with Gasteiger partial charge in [-0.1, -0.05) is 11.6 Å². The highest BCUT2D eigenvalue weighted by Gasteiger charge is 2.39. The Bertz CT molecular complexity index is 1990. The van der Waals surface area contributed by atoms with Gasteiger partial charge in [0.25, 0.3) is 11.8 Å². The minimum absolute atomic E-state index is 0.00592. The summed E-state index contributed by atoms with van der Waals surface area (Å²) >= 11 is 6.51. The van der Waals surface area contributed by atoms with Gasteiger partial charge in [-0.3, -0.25) is 14.4 Å². The Morgan fingerprint density at radius 2 is 1.67 bits per heavy atom. The second kappa shape index (κ2) is 13.6. The van der Waals surface area contributed by atoms with Gasteiger partial charge in [-0.25, -0.2) is 14.6 Å². The number of pyridine rings is 1. The van der Waals surface area contributed by atoms with E-state index in [1.165, 1.54) is 48.3 Å². The number of halogens is 4. The van der Waals surface area contributed by atoms with Crippen LogP contribution in [0.25, 0.3) is 17.1 Å². The van der Waals surface area contributed by atoms with Crippen LogP contribution in [0.1, 0.15) is 45.1 Å². The number of benzene rings is 1. The average Bonchev–Trinajstić information content (AvgIpc) is 3.70. The van der Waals surface area contributed by atoms with Gasteiger partial charge in [-0.2, -0.15) is 18.3 Å². The Morgan fingerprint density at radius 1 is 1.00 bits per heavy atom. The predicted octanol–water partition coefficient (Wildman–Crippen LogP) is 4.25. The van der Waals surface area contributed by atoms with Crippen molar-refractivity contribution in [2.45, 2.75) is 25.9 Å². The molecule has 0 spiro atoms. The summed E-state index contributed by atoms with van der Waals surface area (Å²) in [6.45, 7) is 5.27. The first-order valence-electron chi connectivity index (χ1n) is 16.4. The number of amides is 3. The molecule has 1 aromatic carbocycles. The molecule has 2 aliphatic rings. The number of piperazine rings is 1. The maximum atomic E-state index is 14.1. The minimum atomic E-state index is -4.82. The number of carbonyl (C=O) groups excluding carboxylic acids is 3. The smallest absolute Gasteiger partial charge is 0.397 e. The second-order valence-corrected chi connectivity index (χ2v) is 14.1. The van der Waals surface area contributed by atoms with E-state index in [-0.39, 0.29) is 56.9 Å². The number of nitrogens with zero attached hydrogens (tertiary/aromatic N) is 8. The van der Waals surface area contributed by atoms with Crippen LogP contribution >= 0.6 is 11.6 Å². The summed E-state index contributed by atoms with van der Waals surface area (Å²) in [5.74, 6) is -0.870. The monoisotopic (exact) mass is 727 g/mol. The number of rotatable bonds is 6. The molecule has 4 aromatic rings. The number of nitrogens with two attached hydrogens (primary N) is 1. The highest BCUT2D eigenvalue weighted by molar-refractivity contribution is 6.34. The maximum absolute atomic E-state index is 14.1. The molecule has 3 N–H and O–H groups in total. The molecule has 51 heavy (non-hydrogen) atoms. The molecule has 0 unspecified atom stereocenters. The van der Waals surface area contributed by atoms with Gasteiger partial charge < -0.3 is 29.9 Å². The summed E-state index contributed by atoms with van der Waals surface area (Å²) in [6, 6.07) is 5.95. The number of piperidine rings is 1. The molecular weight excluding hydrogens is 689 g/mol. The van der Waals surface area contributed by atoms with Gasteiger partial charge in [-0.05, 0) is 36.8 Å². The van der Waals surface area contributed by atoms with Crippen molar-refractivity contribution in [3.63, 3.8) is 0 Å². The third kappa shape index (κ3) is 7.42. The first-order valence-corrected chi connectivity index (χ1v) is 16.8. The molecule has 0 bridgehead atoms. The number of aromatic nitrogens is 5. The number of nitrogens with one attached hydrogen (secondary N) is 1. The fourth-order valence-corrected chi connectivity index (χ4v) is 6.72. The van der Waals surface area contributed by atoms with Gasteiger partial charge in [-0.15, -0.1) is 0 Å². The second-order valence-electron chi connectivity index (χ2n) is 13.7. The van der Waals surface area contributed by atoms with Crippen LogP contribution in [0.2, 0.25) is 5.02 Å². The van der Waals surface area contributed by atoms with Crippen molar-refractivity contribution in [1.29, 1.82) is 0 Å². The van der Waals surface area contributed by atoms with Crippen LogP contribution in [-0.2, 0) is 18.0 Å². The predicted molar refractivity (Wildman–Crippen MR) is 184 cm³/mol. The van der Waals surface area contributed by atoms with Crippen molar-refractivity contribution >= 4 is 40.7 Å². The topological polar surface area (TPSA) is 144 Å². The summed E-state index contributed by atoms with van der Waals surface area (Å²) in [4.78, 5) is 51.4. The van der Waals surface area contributed by atoms with Gasteiger partial charge in [0.05, 0.1) is 67.1 Å². The van der Waals surface area contributed by atoms with Gasteiger partial charge in [0.2, 0.25) is 5.91 Å². The maximum Gasteiger partial charge on any atom is 0.435 e. The number of nitrogen functional groups attached to an aromatic ring is 1. The van der Waals surface area contributed by atoms with Crippen molar-refractivity contribution in [3.05, 3.63) is 70.5 Å². The number of anilines is 2. The number of alkyl halides is 3. The molecule has 2 aliphatic heterocycles. The summed E-state index contributed by atoms with van der Waals surface area (Å²) in [5, 5.41) is 6.50. The van der Waals surface area contributed by atoms with Gasteiger partial charge in [0.1, 0.15) is 0 Å². The lowest BCUT2D eigenvalue weighted by molar-refractivity contribution is -0.895. The van der Waals surface area contributed by atoms with Crippen LogP contribution in [-0.4, -0.2) is 110 Å². The molecule has 3 amide bonds. The van der Waals surface area contributed by atoms with Crippen molar-refractivity contribution in [2.75, 3.05) is 64.4 Å². The number of carbonyl (C=O) groups is 3. The van der Waals surface area contributed by atoms with Crippen molar-refractivity contribution < 1.29 is 32.0 Å². The van der Waals surface area contributed by atoms with Gasteiger partial charge in [0.15, 0.2) is 17.3 Å². The third-order valence-corrected chi connectivity index (χ3v) is 9.99. The molecule has 3 aromatic heterocycles. The quantitative estimate of drug-likeness (QED) is 0.283. The zero-order valence-corrected chi connectivity index (χ0v) is 29.4. The fraction of sp³-hybridized carbons (Fsp3) is 0.412. The van der Waals surface area contributed by atoms with Gasteiger partial charge >= 0.3 is 6.18 Å². The van der Waals surface area contributed by atoms with E-state index < -0.39 is 17.8 Å². The third-order valence-electron chi connectivity index (χ3n) is 9.67. The van der Waals surface area contributed by atoms with E-state index in [9.17, 15) is 27.6 Å². The number of quaternary nitrogens is 1. The number of imidazole rings is 1. The molecule has 5 heterocycles. The minimum Gasteiger partial charge on any atom is -0.397 e. The zero-order valence-electron chi connectivity index (χ0n) is 28.7. The van der Waals surface area contributed by atoms with Crippen LogP contribution in [0.3, 0.4) is 0 Å². The Labute approximate surface area is 297 Å². The number of likely N-dealkylation sites (tertiary alicyclic amines) is 1. The molecule has 6 rings (SSSR count). The summed E-state index contributed by atoms with van der Waals surface area (Å²) in [6.07, 6.45) is 0.566. The van der Waals surface area contributed by atoms with Gasteiger partial charge in [0, 0.05) is 63.9 Å². The number of hydrogen-bond acceptors (Lipinski definition) is 7. The van der Waals surface area contributed by atoms with E-state index >= 15 is 0 Å². The summed E-state index contributed by atoms with van der Waals surface area (Å²) < 4.78 is 45.4. The highest BCUT2D eigenvalue weighted by Crippen LogP contribution is 2.37. The first-order chi connectivity index (χ1) is 24.0. The van der Waals surface area contributed by atoms with Crippen LogP contribution in [0.15, 0.2) is 42.9 Å². The van der Waals surface area contributed by atoms with Crippen LogP contribution in [0, 0.1) is 12.8 Å². The van der Waals surface area contributed by atoms with E-state index in [0.717, 1.165) is 41.3 Å². The van der Waals surface area contributed by atoms with Crippen molar-refractivity contribution in [3.8, 4) is 17.1 Å². The van der Waals surface area contributed by atoms with Crippen LogP contribution in [0.4, 0.5) is 24.5 Å². The van der Waals surface area contributed by atoms with Crippen molar-refractivity contribution in [1.82, 2.24) is 34.1 Å². The Balaban J connectivity index is 1.12. The van der Waals surface area contributed by atoms with E-state index in [2.05, 4.69) is 34.5 Å². The normalized spacial score (nSPS) is 16.7. The molecule has 17 heteroatoms.